The number of hydrogen-bond acceptors (Lipinski definition) is 1. The molecule has 0 N–H and O–H groups in total. The monoisotopic (exact) mass is 878 g/mol. The van der Waals surface area contributed by atoms with E-state index >= 15 is 0 Å². The first-order valence-corrected chi connectivity index (χ1v) is 23.8. The van der Waals surface area contributed by atoms with Crippen molar-refractivity contribution in [2.75, 3.05) is 4.90 Å². The fourth-order valence-corrected chi connectivity index (χ4v) is 11.2. The van der Waals surface area contributed by atoms with Gasteiger partial charge < -0.3 is 9.47 Å². The summed E-state index contributed by atoms with van der Waals surface area (Å²) in [6.07, 6.45) is 0. The average Bonchev–Trinajstić information content (AvgIpc) is 3.92. The van der Waals surface area contributed by atoms with Gasteiger partial charge in [0.1, 0.15) is 0 Å². The zero-order valence-electron chi connectivity index (χ0n) is 38.0. The van der Waals surface area contributed by atoms with Crippen LogP contribution in [-0.2, 0) is 5.41 Å². The van der Waals surface area contributed by atoms with Crippen molar-refractivity contribution in [1.82, 2.24) is 4.57 Å². The van der Waals surface area contributed by atoms with Crippen molar-refractivity contribution in [2.45, 2.75) is 5.41 Å². The minimum absolute atomic E-state index is 0.525. The molecule has 2 heteroatoms. The fraction of sp³-hybridized carbons (Fsp3) is 0.0149. The van der Waals surface area contributed by atoms with Gasteiger partial charge >= 0.3 is 0 Å². The molecule has 12 aromatic rings. The molecule has 0 radical (unpaired) electrons. The highest BCUT2D eigenvalue weighted by molar-refractivity contribution is 6.10. The second-order valence-electron chi connectivity index (χ2n) is 18.1. The molecule has 0 saturated heterocycles. The van der Waals surface area contributed by atoms with Gasteiger partial charge in [0, 0.05) is 33.5 Å². The van der Waals surface area contributed by atoms with Gasteiger partial charge in [-0.15, -0.1) is 0 Å². The third kappa shape index (κ3) is 6.72. The van der Waals surface area contributed by atoms with E-state index in [0.717, 1.165) is 39.4 Å². The van der Waals surface area contributed by atoms with Gasteiger partial charge in [-0.3, -0.25) is 0 Å². The smallest absolute Gasteiger partial charge is 0.0714 e. The highest BCUT2D eigenvalue weighted by Crippen LogP contribution is 2.57. The van der Waals surface area contributed by atoms with E-state index in [1.807, 2.05) is 0 Å². The van der Waals surface area contributed by atoms with Crippen molar-refractivity contribution in [3.8, 4) is 50.2 Å². The Bertz CT molecular complexity index is 3760. The fourth-order valence-electron chi connectivity index (χ4n) is 11.2. The molecule has 2 nitrogen and oxygen atoms in total. The number of rotatable bonds is 9. The van der Waals surface area contributed by atoms with Gasteiger partial charge in [-0.1, -0.05) is 206 Å². The van der Waals surface area contributed by atoms with Crippen molar-refractivity contribution < 1.29 is 0 Å². The summed E-state index contributed by atoms with van der Waals surface area (Å²) in [5.41, 5.74) is 20.9. The number of para-hydroxylation sites is 2. The van der Waals surface area contributed by atoms with E-state index in [9.17, 15) is 0 Å². The molecular formula is C67H46N2. The summed E-state index contributed by atoms with van der Waals surface area (Å²) in [6.45, 7) is 0. The first kappa shape index (κ1) is 40.3. The molecule has 0 unspecified atom stereocenters. The summed E-state index contributed by atoms with van der Waals surface area (Å²) in [5, 5.41) is 2.45. The summed E-state index contributed by atoms with van der Waals surface area (Å²) >= 11 is 0. The van der Waals surface area contributed by atoms with E-state index < -0.39 is 5.41 Å². The first-order chi connectivity index (χ1) is 34.2. The second-order valence-corrected chi connectivity index (χ2v) is 18.1. The Balaban J connectivity index is 1.01. The van der Waals surface area contributed by atoms with Crippen LogP contribution in [0.1, 0.15) is 22.3 Å². The molecule has 0 saturated carbocycles. The van der Waals surface area contributed by atoms with Crippen molar-refractivity contribution >= 4 is 38.9 Å². The van der Waals surface area contributed by atoms with E-state index in [4.69, 9.17) is 0 Å². The third-order valence-electron chi connectivity index (χ3n) is 14.2. The Kier molecular flexibility index (Phi) is 9.77. The van der Waals surface area contributed by atoms with Crippen LogP contribution in [0.15, 0.2) is 279 Å². The number of benzene rings is 11. The van der Waals surface area contributed by atoms with Crippen LogP contribution in [-0.4, -0.2) is 4.57 Å². The van der Waals surface area contributed by atoms with Gasteiger partial charge in [0.15, 0.2) is 0 Å². The largest absolute Gasteiger partial charge is 0.310 e. The number of nitrogens with zero attached hydrogens (tertiary/aromatic N) is 2. The molecule has 11 aromatic carbocycles. The average molecular weight is 879 g/mol. The van der Waals surface area contributed by atoms with E-state index in [-0.39, 0.29) is 0 Å². The molecule has 0 amide bonds. The molecule has 1 aliphatic carbocycles. The van der Waals surface area contributed by atoms with Gasteiger partial charge in [0.05, 0.1) is 16.4 Å². The van der Waals surface area contributed by atoms with Crippen molar-refractivity contribution in [3.05, 3.63) is 301 Å². The Morgan fingerprint density at radius 3 is 1.46 bits per heavy atom. The zero-order chi connectivity index (χ0) is 45.7. The van der Waals surface area contributed by atoms with Crippen molar-refractivity contribution in [1.29, 1.82) is 0 Å². The van der Waals surface area contributed by atoms with Crippen LogP contribution >= 0.6 is 0 Å². The lowest BCUT2D eigenvalue weighted by Crippen LogP contribution is -2.28. The summed E-state index contributed by atoms with van der Waals surface area (Å²) < 4.78 is 2.41. The molecule has 13 rings (SSSR count). The highest BCUT2D eigenvalue weighted by atomic mass is 15.1. The summed E-state index contributed by atoms with van der Waals surface area (Å²) in [7, 11) is 0. The van der Waals surface area contributed by atoms with Gasteiger partial charge in [0.25, 0.3) is 0 Å². The topological polar surface area (TPSA) is 8.17 Å². The maximum Gasteiger partial charge on any atom is 0.0714 e. The SMILES string of the molecule is c1ccc(-c2ccc(-n3c4ccccc4c4cc(-c5cc(-c6ccccc6)cc(N(c6ccccc6)c6ccc7c(c6)C(c6ccccc6)(c6ccccc6)c6ccccc6-7)c5)ccc43)cc2)cc1. The van der Waals surface area contributed by atoms with E-state index in [1.165, 1.54) is 71.9 Å². The Labute approximate surface area is 403 Å². The van der Waals surface area contributed by atoms with Gasteiger partial charge in [-0.2, -0.15) is 0 Å². The lowest BCUT2D eigenvalue weighted by Gasteiger charge is -2.35. The molecule has 0 aliphatic heterocycles. The minimum atomic E-state index is -0.525. The van der Waals surface area contributed by atoms with Crippen LogP contribution in [0.4, 0.5) is 17.1 Å². The van der Waals surface area contributed by atoms with Crippen LogP contribution in [0.3, 0.4) is 0 Å². The Morgan fingerprint density at radius 1 is 0.275 bits per heavy atom. The predicted octanol–water partition coefficient (Wildman–Crippen LogP) is 17.6. The predicted molar refractivity (Wildman–Crippen MR) is 289 cm³/mol. The van der Waals surface area contributed by atoms with Crippen LogP contribution in [0.5, 0.6) is 0 Å². The molecule has 0 atom stereocenters. The second kappa shape index (κ2) is 16.7. The molecule has 324 valence electrons. The van der Waals surface area contributed by atoms with E-state index in [0.29, 0.717) is 0 Å². The molecule has 0 spiro atoms. The Hall–Kier alpha value is -8.98. The van der Waals surface area contributed by atoms with Crippen LogP contribution in [0.2, 0.25) is 0 Å². The molecule has 1 aliphatic rings. The summed E-state index contributed by atoms with van der Waals surface area (Å²) in [6, 6.07) is 102. The van der Waals surface area contributed by atoms with Gasteiger partial charge in [0.2, 0.25) is 0 Å². The molecule has 69 heavy (non-hydrogen) atoms. The normalized spacial score (nSPS) is 12.5. The first-order valence-electron chi connectivity index (χ1n) is 23.8. The van der Waals surface area contributed by atoms with Crippen LogP contribution in [0, 0.1) is 0 Å². The van der Waals surface area contributed by atoms with Crippen LogP contribution < -0.4 is 4.90 Å². The molecular weight excluding hydrogens is 833 g/mol. The molecule has 1 aromatic heterocycles. The molecule has 0 bridgehead atoms. The van der Waals surface area contributed by atoms with Crippen LogP contribution in [0.25, 0.3) is 72.0 Å². The number of hydrogen-bond donors (Lipinski definition) is 0. The Morgan fingerprint density at radius 2 is 0.783 bits per heavy atom. The quantitative estimate of drug-likeness (QED) is 0.140. The lowest BCUT2D eigenvalue weighted by molar-refractivity contribution is 0.768. The maximum absolute atomic E-state index is 2.46. The highest BCUT2D eigenvalue weighted by Gasteiger charge is 2.46. The van der Waals surface area contributed by atoms with Crippen molar-refractivity contribution in [3.63, 3.8) is 0 Å². The lowest BCUT2D eigenvalue weighted by atomic mass is 9.67. The number of aromatic nitrogens is 1. The zero-order valence-corrected chi connectivity index (χ0v) is 38.0. The summed E-state index contributed by atoms with van der Waals surface area (Å²) in [5.74, 6) is 0. The molecule has 1 heterocycles. The third-order valence-corrected chi connectivity index (χ3v) is 14.2. The number of fused-ring (bicyclic) bond motifs is 6. The minimum Gasteiger partial charge on any atom is -0.310 e. The number of anilines is 3. The van der Waals surface area contributed by atoms with Gasteiger partial charge in [-0.25, -0.2) is 0 Å². The summed E-state index contributed by atoms with van der Waals surface area (Å²) in [4.78, 5) is 2.45. The van der Waals surface area contributed by atoms with E-state index in [1.54, 1.807) is 0 Å². The molecule has 0 fully saturated rings. The maximum atomic E-state index is 2.46. The standard InChI is InChI=1S/C67H46N2/c1-6-20-47(21-7-1)49-34-37-56(38-35-49)69-65-33-19-17-31-61(65)62-45-50(36-41-66(62)69)52-42-51(48-22-8-2-9-23-48)43-58(44-52)68(55-28-14-5-15-29-55)57-39-40-60-59-30-16-18-32-63(59)67(64(60)46-57,53-24-10-3-11-25-53)54-26-12-4-13-27-54/h1-46H. The van der Waals surface area contributed by atoms with Gasteiger partial charge in [-0.05, 0) is 140 Å². The van der Waals surface area contributed by atoms with Crippen molar-refractivity contribution in [2.24, 2.45) is 0 Å². The van der Waals surface area contributed by atoms with E-state index in [2.05, 4.69) is 289 Å².